The number of hydrogen-bond acceptors (Lipinski definition) is 3. The van der Waals surface area contributed by atoms with E-state index >= 15 is 0 Å². The third-order valence-electron chi connectivity index (χ3n) is 2.85. The van der Waals surface area contributed by atoms with Crippen molar-refractivity contribution in [3.63, 3.8) is 0 Å². The maximum atomic E-state index is 11.7. The van der Waals surface area contributed by atoms with E-state index in [-0.39, 0.29) is 12.1 Å². The molecule has 16 heavy (non-hydrogen) atoms. The van der Waals surface area contributed by atoms with Crippen LogP contribution in [0, 0.1) is 0 Å². The lowest BCUT2D eigenvalue weighted by molar-refractivity contribution is 0.0171. The molecule has 1 rings (SSSR count). The summed E-state index contributed by atoms with van der Waals surface area (Å²) in [5.41, 5.74) is -1.00. The van der Waals surface area contributed by atoms with E-state index in [1.807, 2.05) is 27.7 Å². The first-order chi connectivity index (χ1) is 7.13. The Kier molecular flexibility index (Phi) is 3.53. The van der Waals surface area contributed by atoms with Crippen LogP contribution < -0.4 is 0 Å². The summed E-state index contributed by atoms with van der Waals surface area (Å²) < 4.78 is 5.26. The zero-order chi connectivity index (χ0) is 12.6. The van der Waals surface area contributed by atoms with E-state index in [0.717, 1.165) is 12.8 Å². The van der Waals surface area contributed by atoms with E-state index in [2.05, 4.69) is 0 Å². The highest BCUT2D eigenvalue weighted by atomic mass is 16.6. The topological polar surface area (TPSA) is 49.8 Å². The molecule has 1 aliphatic rings. The van der Waals surface area contributed by atoms with Gasteiger partial charge in [-0.3, -0.25) is 0 Å². The molecule has 0 aliphatic heterocycles. The summed E-state index contributed by atoms with van der Waals surface area (Å²) in [6.45, 7) is 7.47. The van der Waals surface area contributed by atoms with E-state index in [1.165, 1.54) is 0 Å². The summed E-state index contributed by atoms with van der Waals surface area (Å²) in [5.74, 6) is 0. The van der Waals surface area contributed by atoms with Crippen LogP contribution in [0.25, 0.3) is 0 Å². The highest BCUT2D eigenvalue weighted by Crippen LogP contribution is 2.40. The fourth-order valence-electron chi connectivity index (χ4n) is 1.55. The quantitative estimate of drug-likeness (QED) is 0.806. The number of ether oxygens (including phenoxy) is 1. The molecule has 4 nitrogen and oxygen atoms in total. The van der Waals surface area contributed by atoms with E-state index in [0.29, 0.717) is 6.42 Å². The average molecular weight is 229 g/mol. The summed E-state index contributed by atoms with van der Waals surface area (Å²) >= 11 is 0. The minimum atomic E-state index is -0.532. The third-order valence-corrected chi connectivity index (χ3v) is 2.85. The first-order valence-electron chi connectivity index (χ1n) is 5.81. The highest BCUT2D eigenvalue weighted by molar-refractivity contribution is 5.68. The Morgan fingerprint density at radius 1 is 1.50 bits per heavy atom. The predicted molar refractivity (Wildman–Crippen MR) is 62.3 cm³/mol. The largest absolute Gasteiger partial charge is 0.444 e. The summed E-state index contributed by atoms with van der Waals surface area (Å²) in [6.07, 6.45) is 1.99. The Morgan fingerprint density at radius 2 is 2.00 bits per heavy atom. The molecular weight excluding hydrogens is 206 g/mol. The second-order valence-corrected chi connectivity index (χ2v) is 5.87. The van der Waals surface area contributed by atoms with Gasteiger partial charge in [-0.05, 0) is 47.0 Å². The number of carbonyl (C=O) groups is 1. The molecule has 4 heteroatoms. The van der Waals surface area contributed by atoms with Crippen LogP contribution in [0.15, 0.2) is 0 Å². The first kappa shape index (κ1) is 13.3. The molecular formula is C12H23NO3. The molecule has 0 aromatic rings. The summed E-state index contributed by atoms with van der Waals surface area (Å²) in [7, 11) is 1.71. The normalized spacial score (nSPS) is 20.1. The van der Waals surface area contributed by atoms with Gasteiger partial charge >= 0.3 is 6.09 Å². The molecule has 94 valence electrons. The Bertz CT molecular complexity index is 266. The second-order valence-electron chi connectivity index (χ2n) is 5.87. The van der Waals surface area contributed by atoms with Crippen molar-refractivity contribution in [2.75, 3.05) is 7.05 Å². The summed E-state index contributed by atoms with van der Waals surface area (Å²) in [5, 5.41) is 9.78. The molecule has 0 spiro atoms. The van der Waals surface area contributed by atoms with Gasteiger partial charge in [0.05, 0.1) is 5.60 Å². The molecule has 0 saturated heterocycles. The lowest BCUT2D eigenvalue weighted by atomic mass is 10.1. The van der Waals surface area contributed by atoms with Gasteiger partial charge < -0.3 is 14.7 Å². The molecule has 1 aliphatic carbocycles. The van der Waals surface area contributed by atoms with Crippen LogP contribution in [0.1, 0.15) is 47.0 Å². The maximum Gasteiger partial charge on any atom is 0.410 e. The molecule has 0 aromatic heterocycles. The Hall–Kier alpha value is -0.770. The van der Waals surface area contributed by atoms with Crippen LogP contribution in [-0.4, -0.2) is 40.4 Å². The van der Waals surface area contributed by atoms with Crippen LogP contribution in [0.5, 0.6) is 0 Å². The van der Waals surface area contributed by atoms with Gasteiger partial charge in [-0.1, -0.05) is 0 Å². The van der Waals surface area contributed by atoms with Gasteiger partial charge in [0.25, 0.3) is 0 Å². The number of amides is 1. The van der Waals surface area contributed by atoms with E-state index < -0.39 is 11.2 Å². The van der Waals surface area contributed by atoms with Gasteiger partial charge in [0, 0.05) is 13.1 Å². The Labute approximate surface area is 97.6 Å². The van der Waals surface area contributed by atoms with Crippen molar-refractivity contribution in [1.82, 2.24) is 4.90 Å². The number of nitrogens with zero attached hydrogens (tertiary/aromatic N) is 1. The molecule has 1 unspecified atom stereocenters. The van der Waals surface area contributed by atoms with Crippen molar-refractivity contribution >= 4 is 6.09 Å². The minimum absolute atomic E-state index is 0.00218. The van der Waals surface area contributed by atoms with Crippen LogP contribution in [0.4, 0.5) is 4.79 Å². The zero-order valence-electron chi connectivity index (χ0n) is 10.9. The Balaban J connectivity index is 2.43. The Morgan fingerprint density at radius 3 is 2.38 bits per heavy atom. The second kappa shape index (κ2) is 4.24. The van der Waals surface area contributed by atoms with Crippen molar-refractivity contribution in [3.05, 3.63) is 0 Å². The van der Waals surface area contributed by atoms with Gasteiger partial charge in [-0.15, -0.1) is 0 Å². The van der Waals surface area contributed by atoms with Crippen LogP contribution in [-0.2, 0) is 4.74 Å². The average Bonchev–Trinajstić information content (AvgIpc) is 2.78. The number of carbonyl (C=O) groups excluding carboxylic acids is 1. The molecule has 1 atom stereocenters. The maximum absolute atomic E-state index is 11.7. The number of rotatable bonds is 3. The van der Waals surface area contributed by atoms with Crippen molar-refractivity contribution in [2.24, 2.45) is 0 Å². The highest BCUT2D eigenvalue weighted by Gasteiger charge is 2.42. The van der Waals surface area contributed by atoms with Crippen molar-refractivity contribution < 1.29 is 14.6 Å². The molecule has 1 N–H and O–H groups in total. The molecule has 1 saturated carbocycles. The van der Waals surface area contributed by atoms with Gasteiger partial charge in [-0.2, -0.15) is 0 Å². The van der Waals surface area contributed by atoms with E-state index in [1.54, 1.807) is 11.9 Å². The molecule has 0 heterocycles. The van der Waals surface area contributed by atoms with Crippen LogP contribution in [0.2, 0.25) is 0 Å². The molecule has 0 aromatic carbocycles. The summed E-state index contributed by atoms with van der Waals surface area (Å²) in [6, 6.07) is 0.00218. The minimum Gasteiger partial charge on any atom is -0.444 e. The lowest BCUT2D eigenvalue weighted by Crippen LogP contribution is -2.41. The predicted octanol–water partition coefficient (Wildman–Crippen LogP) is 2.16. The third kappa shape index (κ3) is 4.00. The molecule has 0 bridgehead atoms. The van der Waals surface area contributed by atoms with Gasteiger partial charge in [0.15, 0.2) is 0 Å². The smallest absolute Gasteiger partial charge is 0.410 e. The van der Waals surface area contributed by atoms with Crippen molar-refractivity contribution in [2.45, 2.75) is 64.2 Å². The molecule has 0 radical (unpaired) electrons. The first-order valence-corrected chi connectivity index (χ1v) is 5.81. The van der Waals surface area contributed by atoms with Crippen molar-refractivity contribution in [3.8, 4) is 0 Å². The standard InChI is InChI=1S/C12H23NO3/c1-9(8-12(15)6-7-12)13(5)10(14)16-11(2,3)4/h9,15H,6-8H2,1-5H3. The fourth-order valence-corrected chi connectivity index (χ4v) is 1.55. The monoisotopic (exact) mass is 229 g/mol. The van der Waals surface area contributed by atoms with E-state index in [4.69, 9.17) is 4.74 Å². The van der Waals surface area contributed by atoms with Crippen LogP contribution in [0.3, 0.4) is 0 Å². The van der Waals surface area contributed by atoms with Crippen LogP contribution >= 0.6 is 0 Å². The van der Waals surface area contributed by atoms with E-state index in [9.17, 15) is 9.90 Å². The molecule has 1 fully saturated rings. The van der Waals surface area contributed by atoms with Gasteiger partial charge in [-0.25, -0.2) is 4.79 Å². The zero-order valence-corrected chi connectivity index (χ0v) is 10.9. The lowest BCUT2D eigenvalue weighted by Gasteiger charge is -2.29. The fraction of sp³-hybridized carbons (Fsp3) is 0.917. The van der Waals surface area contributed by atoms with Gasteiger partial charge in [0.2, 0.25) is 0 Å². The number of aliphatic hydroxyl groups is 1. The number of hydrogen-bond donors (Lipinski definition) is 1. The van der Waals surface area contributed by atoms with Gasteiger partial charge in [0.1, 0.15) is 5.60 Å². The van der Waals surface area contributed by atoms with Crippen molar-refractivity contribution in [1.29, 1.82) is 0 Å². The molecule has 1 amide bonds. The SMILES string of the molecule is CC(CC1(O)CC1)N(C)C(=O)OC(C)(C)C. The summed E-state index contributed by atoms with van der Waals surface area (Å²) in [4.78, 5) is 13.3.